The number of ketones is 1. The molecule has 2 aliphatic rings. The van der Waals surface area contributed by atoms with Crippen LogP contribution in [0.15, 0.2) is 94.3 Å². The van der Waals surface area contributed by atoms with E-state index in [1.54, 1.807) is 17.0 Å². The number of benzene rings is 3. The van der Waals surface area contributed by atoms with Crippen molar-refractivity contribution < 1.29 is 22.9 Å². The lowest BCUT2D eigenvalue weighted by molar-refractivity contribution is -0.384. The van der Waals surface area contributed by atoms with E-state index in [4.69, 9.17) is 28.3 Å². The number of nitro benzene ring substituents is 1. The Hall–Kier alpha value is -4.54. The largest absolute Gasteiger partial charge is 0.307 e. The van der Waals surface area contributed by atoms with Gasteiger partial charge in [-0.15, -0.1) is 0 Å². The van der Waals surface area contributed by atoms with Gasteiger partial charge in [-0.3, -0.25) is 24.6 Å². The van der Waals surface area contributed by atoms with E-state index in [9.17, 15) is 33.4 Å². The van der Waals surface area contributed by atoms with Crippen LogP contribution in [-0.2, 0) is 14.8 Å². The van der Waals surface area contributed by atoms with E-state index in [-0.39, 0.29) is 44.8 Å². The fourth-order valence-corrected chi connectivity index (χ4v) is 6.25. The number of nitrogens with zero attached hydrogens (tertiary/aromatic N) is 3. The molecule has 0 saturated carbocycles. The molecule has 1 atom stereocenters. The van der Waals surface area contributed by atoms with Crippen molar-refractivity contribution in [3.8, 4) is 6.07 Å². The van der Waals surface area contributed by atoms with Gasteiger partial charge in [0.1, 0.15) is 5.82 Å². The third-order valence-electron chi connectivity index (χ3n) is 7.14. The van der Waals surface area contributed by atoms with Crippen LogP contribution in [0.3, 0.4) is 0 Å². The summed E-state index contributed by atoms with van der Waals surface area (Å²) in [6.07, 6.45) is 1.09. The molecule has 1 heterocycles. The number of rotatable bonds is 6. The van der Waals surface area contributed by atoms with Crippen LogP contribution >= 0.6 is 23.2 Å². The molecule has 14 heteroatoms. The predicted molar refractivity (Wildman–Crippen MR) is 159 cm³/mol. The maximum Gasteiger partial charge on any atom is 0.269 e. The first-order valence-electron chi connectivity index (χ1n) is 12.7. The number of hydrogen-bond donors (Lipinski definition) is 2. The number of non-ortho nitro benzene ring substituents is 1. The molecule has 11 nitrogen and oxygen atoms in total. The van der Waals surface area contributed by atoms with Crippen LogP contribution in [0, 0.1) is 21.4 Å². The van der Waals surface area contributed by atoms with Gasteiger partial charge < -0.3 is 5.32 Å². The van der Waals surface area contributed by atoms with Crippen LogP contribution in [0.5, 0.6) is 0 Å². The van der Waals surface area contributed by atoms with E-state index in [2.05, 4.69) is 11.4 Å². The maximum absolute atomic E-state index is 13.5. The Bertz CT molecular complexity index is 1900. The molecule has 43 heavy (non-hydrogen) atoms. The summed E-state index contributed by atoms with van der Waals surface area (Å²) in [5.74, 6) is -1.84. The quantitative estimate of drug-likeness (QED) is 0.269. The first-order valence-corrected chi connectivity index (χ1v) is 15.0. The minimum Gasteiger partial charge on any atom is -0.307 e. The Morgan fingerprint density at radius 2 is 1.74 bits per heavy atom. The number of allylic oxidation sites excluding steroid dienone is 3. The van der Waals surface area contributed by atoms with Crippen molar-refractivity contribution in [1.29, 1.82) is 5.26 Å². The second-order valence-corrected chi connectivity index (χ2v) is 12.1. The number of carbonyl (C=O) groups is 2. The molecule has 0 bridgehead atoms. The molecule has 0 saturated heterocycles. The molecule has 3 aromatic carbocycles. The minimum atomic E-state index is -4.02. The van der Waals surface area contributed by atoms with Gasteiger partial charge >= 0.3 is 0 Å². The van der Waals surface area contributed by atoms with Gasteiger partial charge in [0.05, 0.1) is 27.4 Å². The zero-order valence-electron chi connectivity index (χ0n) is 22.1. The highest BCUT2D eigenvalue weighted by atomic mass is 35.5. The molecule has 0 radical (unpaired) electrons. The van der Waals surface area contributed by atoms with Crippen molar-refractivity contribution in [2.24, 2.45) is 5.14 Å². The number of nitrogens with two attached hydrogens (primary N) is 1. The number of nitriles is 1. The van der Waals surface area contributed by atoms with E-state index in [1.807, 2.05) is 0 Å². The summed E-state index contributed by atoms with van der Waals surface area (Å²) in [7, 11) is -4.02. The Morgan fingerprint density at radius 1 is 1.07 bits per heavy atom. The first-order chi connectivity index (χ1) is 20.4. The molecule has 0 spiro atoms. The van der Waals surface area contributed by atoms with Crippen molar-refractivity contribution in [2.45, 2.75) is 30.1 Å². The van der Waals surface area contributed by atoms with Crippen LogP contribution < -0.4 is 15.4 Å². The van der Waals surface area contributed by atoms with Crippen molar-refractivity contribution in [2.75, 3.05) is 4.90 Å². The van der Waals surface area contributed by atoms with Crippen molar-refractivity contribution >= 4 is 56.3 Å². The zero-order valence-corrected chi connectivity index (χ0v) is 24.4. The van der Waals surface area contributed by atoms with E-state index in [0.717, 1.165) is 0 Å². The monoisotopic (exact) mass is 637 g/mol. The highest BCUT2D eigenvalue weighted by Gasteiger charge is 2.42. The molecule has 0 aromatic heterocycles. The third kappa shape index (κ3) is 5.76. The number of nitro groups is 1. The summed E-state index contributed by atoms with van der Waals surface area (Å²) in [5.41, 5.74) is 1.43. The Labute approximate surface area is 256 Å². The number of hydrogen-bond acceptors (Lipinski definition) is 8. The van der Waals surface area contributed by atoms with Gasteiger partial charge in [0, 0.05) is 51.1 Å². The second-order valence-electron chi connectivity index (χ2n) is 9.74. The molecule has 1 unspecified atom stereocenters. The van der Waals surface area contributed by atoms with Crippen molar-refractivity contribution in [3.63, 3.8) is 0 Å². The van der Waals surface area contributed by atoms with Gasteiger partial charge in [-0.05, 0) is 66.9 Å². The summed E-state index contributed by atoms with van der Waals surface area (Å²) < 4.78 is 23.8. The Morgan fingerprint density at radius 3 is 2.33 bits per heavy atom. The summed E-state index contributed by atoms with van der Waals surface area (Å²) >= 11 is 12.7. The van der Waals surface area contributed by atoms with Crippen LogP contribution in [0.25, 0.3) is 0 Å². The van der Waals surface area contributed by atoms with Crippen LogP contribution in [0.4, 0.5) is 11.4 Å². The number of Topliss-reactive ketones (excluding diaryl/α,β-unsaturated/α-hetero) is 1. The highest BCUT2D eigenvalue weighted by molar-refractivity contribution is 7.89. The maximum atomic E-state index is 13.5. The average molecular weight is 638 g/mol. The molecular weight excluding hydrogens is 617 g/mol. The lowest BCUT2D eigenvalue weighted by Crippen LogP contribution is -2.42. The first kappa shape index (κ1) is 29.9. The zero-order chi connectivity index (χ0) is 31.1. The summed E-state index contributed by atoms with van der Waals surface area (Å²) in [6, 6.07) is 17.2. The number of anilines is 1. The minimum absolute atomic E-state index is 0.0102. The van der Waals surface area contributed by atoms with Gasteiger partial charge in [0.25, 0.3) is 11.6 Å². The summed E-state index contributed by atoms with van der Waals surface area (Å²) in [5, 5.41) is 30.3. The van der Waals surface area contributed by atoms with E-state index < -0.39 is 26.8 Å². The number of amides is 1. The molecule has 218 valence electrons. The van der Waals surface area contributed by atoms with Gasteiger partial charge in [0.2, 0.25) is 10.0 Å². The van der Waals surface area contributed by atoms with Crippen molar-refractivity contribution in [1.82, 2.24) is 5.32 Å². The fourth-order valence-electron chi connectivity index (χ4n) is 5.21. The molecule has 3 aromatic rings. The molecule has 1 amide bonds. The van der Waals surface area contributed by atoms with Crippen LogP contribution in [-0.4, -0.2) is 25.0 Å². The smallest absolute Gasteiger partial charge is 0.269 e. The molecule has 3 N–H and O–H groups in total. The summed E-state index contributed by atoms with van der Waals surface area (Å²) in [6.45, 7) is 0. The molecule has 0 fully saturated rings. The SMILES string of the molecule is N#CC1=C(NC(=O)c2ccc([N+](=O)[O-])cc2)N(c2ccc(S(N)(=O)=O)cc2)C2=C(C(=O)CCC2)C1c1ccc(Cl)cc1Cl. The van der Waals surface area contributed by atoms with Gasteiger partial charge in [-0.25, -0.2) is 13.6 Å². The topological polar surface area (TPSA) is 176 Å². The number of nitrogens with one attached hydrogen (secondary N) is 1. The molecule has 1 aliphatic carbocycles. The number of sulfonamides is 1. The van der Waals surface area contributed by atoms with Crippen LogP contribution in [0.1, 0.15) is 41.1 Å². The van der Waals surface area contributed by atoms with Gasteiger partial charge in [-0.2, -0.15) is 5.26 Å². The molecule has 1 aliphatic heterocycles. The number of primary sulfonamides is 1. The van der Waals surface area contributed by atoms with E-state index in [1.165, 1.54) is 54.6 Å². The standard InChI is InChI=1S/C29H21Cl2N5O6S/c30-17-6-13-21(23(31)14-17)26-22(15-32)28(34-29(38)16-4-7-19(8-5-16)36(39)40)35(24-2-1-3-25(37)27(24)26)18-9-11-20(12-10-18)43(33,41)42/h4-14,26H,1-3H2,(H,34,38)(H2,33,41,42). The third-order valence-corrected chi connectivity index (χ3v) is 8.64. The molecular formula is C29H21Cl2N5O6S. The van der Waals surface area contributed by atoms with E-state index >= 15 is 0 Å². The van der Waals surface area contributed by atoms with Crippen LogP contribution in [0.2, 0.25) is 10.0 Å². The average Bonchev–Trinajstić information content (AvgIpc) is 2.96. The lowest BCUT2D eigenvalue weighted by Gasteiger charge is -2.41. The fraction of sp³-hybridized carbons (Fsp3) is 0.138. The van der Waals surface area contributed by atoms with Crippen molar-refractivity contribution in [3.05, 3.63) is 121 Å². The Kier molecular flexibility index (Phi) is 8.09. The summed E-state index contributed by atoms with van der Waals surface area (Å²) in [4.78, 5) is 38.9. The van der Waals surface area contributed by atoms with Gasteiger partial charge in [0.15, 0.2) is 5.78 Å². The normalized spacial score (nSPS) is 16.9. The van der Waals surface area contributed by atoms with Gasteiger partial charge in [-0.1, -0.05) is 29.3 Å². The highest BCUT2D eigenvalue weighted by Crippen LogP contribution is 2.48. The van der Waals surface area contributed by atoms with E-state index in [0.29, 0.717) is 40.4 Å². The number of halogens is 2. The molecule has 5 rings (SSSR count). The second kappa shape index (κ2) is 11.6. The number of carbonyl (C=O) groups excluding carboxylic acids is 2. The Balaban J connectivity index is 1.74. The lowest BCUT2D eigenvalue weighted by atomic mass is 9.75. The predicted octanol–water partition coefficient (Wildman–Crippen LogP) is 5.33.